The number of β-amino-alcohol motifs (C(OH)–C–C–N with tert-alkyl or cyclic N) is 1. The Hall–Kier alpha value is -3.72. The molecule has 9 nitrogen and oxygen atoms in total. The van der Waals surface area contributed by atoms with E-state index in [2.05, 4.69) is 37.4 Å². The molecule has 3 aromatic heterocycles. The monoisotopic (exact) mass is 432 g/mol. The number of nitrogens with one attached hydrogen (secondary N) is 1. The Morgan fingerprint density at radius 1 is 1.22 bits per heavy atom. The van der Waals surface area contributed by atoms with Crippen molar-refractivity contribution < 1.29 is 14.3 Å². The van der Waals surface area contributed by atoms with E-state index in [9.17, 15) is 9.90 Å². The van der Waals surface area contributed by atoms with Crippen LogP contribution in [0.1, 0.15) is 28.2 Å². The van der Waals surface area contributed by atoms with Gasteiger partial charge in [0.1, 0.15) is 0 Å². The lowest BCUT2D eigenvalue weighted by Gasteiger charge is -2.24. The SMILES string of the molecule is Cc1ncc(-c2cc3c(cnn3C)cc2N2CC[C@H](O)C2)c(NC(=O)c2cnco2)c1C. The number of aliphatic hydroxyl groups excluding tert-OH is 1. The summed E-state index contributed by atoms with van der Waals surface area (Å²) >= 11 is 0. The lowest BCUT2D eigenvalue weighted by atomic mass is 9.98. The first-order valence-corrected chi connectivity index (χ1v) is 10.5. The van der Waals surface area contributed by atoms with Gasteiger partial charge < -0.3 is 19.7 Å². The van der Waals surface area contributed by atoms with Gasteiger partial charge in [0.15, 0.2) is 6.39 Å². The van der Waals surface area contributed by atoms with Crippen LogP contribution >= 0.6 is 0 Å². The summed E-state index contributed by atoms with van der Waals surface area (Å²) in [5.74, 6) is -0.244. The van der Waals surface area contributed by atoms with E-state index in [1.807, 2.05) is 31.8 Å². The molecule has 0 aliphatic carbocycles. The smallest absolute Gasteiger partial charge is 0.293 e. The first-order valence-electron chi connectivity index (χ1n) is 10.5. The van der Waals surface area contributed by atoms with Crippen molar-refractivity contribution in [1.29, 1.82) is 0 Å². The van der Waals surface area contributed by atoms with E-state index in [-0.39, 0.29) is 17.8 Å². The topological polar surface area (TPSA) is 109 Å². The number of rotatable bonds is 4. The molecule has 1 aromatic carbocycles. The number of aliphatic hydroxyl groups is 1. The van der Waals surface area contributed by atoms with Gasteiger partial charge in [-0.1, -0.05) is 0 Å². The normalized spacial score (nSPS) is 16.1. The average molecular weight is 432 g/mol. The van der Waals surface area contributed by atoms with Crippen LogP contribution in [0.4, 0.5) is 11.4 Å². The maximum atomic E-state index is 12.8. The second-order valence-corrected chi connectivity index (χ2v) is 8.16. The van der Waals surface area contributed by atoms with Crippen LogP contribution in [0.15, 0.2) is 41.5 Å². The number of amides is 1. The van der Waals surface area contributed by atoms with Crippen LogP contribution in [0.3, 0.4) is 0 Å². The van der Waals surface area contributed by atoms with Crippen molar-refractivity contribution >= 4 is 28.2 Å². The lowest BCUT2D eigenvalue weighted by Crippen LogP contribution is -2.22. The Morgan fingerprint density at radius 3 is 2.78 bits per heavy atom. The standard InChI is InChI=1S/C23H24N6O3/c1-13-14(2)25-9-18(22(13)27-23(31)21-10-24-12-32-21)17-7-19-15(8-26-28(19)3)6-20(17)29-5-4-16(30)11-29/h6-10,12,16,30H,4-5,11H2,1-3H3,(H,25,27,31)/t16-/m0/s1. The van der Waals surface area contributed by atoms with E-state index < -0.39 is 0 Å². The van der Waals surface area contributed by atoms with Gasteiger partial charge in [0, 0.05) is 54.2 Å². The second kappa shape index (κ2) is 7.76. The second-order valence-electron chi connectivity index (χ2n) is 8.16. The Kier molecular flexibility index (Phi) is 4.90. The number of hydrogen-bond donors (Lipinski definition) is 2. The highest BCUT2D eigenvalue weighted by atomic mass is 16.3. The van der Waals surface area contributed by atoms with E-state index in [1.165, 1.54) is 12.6 Å². The summed E-state index contributed by atoms with van der Waals surface area (Å²) in [5, 5.41) is 18.6. The molecule has 1 saturated heterocycles. The Balaban J connectivity index is 1.70. The first kappa shape index (κ1) is 20.2. The number of carbonyl (C=O) groups excluding carboxylic acids is 1. The fourth-order valence-corrected chi connectivity index (χ4v) is 4.20. The number of pyridine rings is 1. The number of oxazole rings is 1. The minimum atomic E-state index is -0.378. The van der Waals surface area contributed by atoms with E-state index in [0.29, 0.717) is 18.7 Å². The molecule has 0 radical (unpaired) electrons. The van der Waals surface area contributed by atoms with Gasteiger partial charge in [0.25, 0.3) is 5.91 Å². The van der Waals surface area contributed by atoms with Crippen LogP contribution in [0.5, 0.6) is 0 Å². The molecule has 0 bridgehead atoms. The molecule has 0 spiro atoms. The quantitative estimate of drug-likeness (QED) is 0.510. The van der Waals surface area contributed by atoms with Crippen LogP contribution < -0.4 is 10.2 Å². The number of hydrogen-bond acceptors (Lipinski definition) is 7. The van der Waals surface area contributed by atoms with Gasteiger partial charge in [-0.3, -0.25) is 14.5 Å². The Morgan fingerprint density at radius 2 is 2.06 bits per heavy atom. The molecule has 1 fully saturated rings. The number of fused-ring (bicyclic) bond motifs is 1. The third kappa shape index (κ3) is 3.40. The van der Waals surface area contributed by atoms with Crippen molar-refractivity contribution in [3.05, 3.63) is 54.1 Å². The highest BCUT2D eigenvalue weighted by Crippen LogP contribution is 2.41. The van der Waals surface area contributed by atoms with Crippen molar-refractivity contribution in [2.24, 2.45) is 7.05 Å². The van der Waals surface area contributed by atoms with Crippen molar-refractivity contribution in [3.63, 3.8) is 0 Å². The fourth-order valence-electron chi connectivity index (χ4n) is 4.20. The molecule has 32 heavy (non-hydrogen) atoms. The minimum Gasteiger partial charge on any atom is -0.438 e. The molecule has 1 atom stereocenters. The highest BCUT2D eigenvalue weighted by molar-refractivity contribution is 6.06. The highest BCUT2D eigenvalue weighted by Gasteiger charge is 2.26. The van der Waals surface area contributed by atoms with Crippen LogP contribution in [0, 0.1) is 13.8 Å². The maximum absolute atomic E-state index is 12.8. The molecule has 2 N–H and O–H groups in total. The summed E-state index contributed by atoms with van der Waals surface area (Å²) in [6.45, 7) is 5.14. The molecule has 1 aliphatic rings. The van der Waals surface area contributed by atoms with Gasteiger partial charge in [-0.25, -0.2) is 4.98 Å². The molecule has 9 heteroatoms. The van der Waals surface area contributed by atoms with E-state index in [1.54, 1.807) is 6.20 Å². The van der Waals surface area contributed by atoms with Crippen LogP contribution in [0.25, 0.3) is 22.0 Å². The molecular formula is C23H24N6O3. The largest absolute Gasteiger partial charge is 0.438 e. The van der Waals surface area contributed by atoms with Crippen LogP contribution in [0.2, 0.25) is 0 Å². The summed E-state index contributed by atoms with van der Waals surface area (Å²) < 4.78 is 7.00. The summed E-state index contributed by atoms with van der Waals surface area (Å²) in [5.41, 5.74) is 6.01. The first-order chi connectivity index (χ1) is 15.4. The number of carbonyl (C=O) groups is 1. The maximum Gasteiger partial charge on any atom is 0.293 e. The Labute approximate surface area is 184 Å². The van der Waals surface area contributed by atoms with Crippen molar-refractivity contribution in [2.45, 2.75) is 26.4 Å². The fraction of sp³-hybridized carbons (Fsp3) is 0.304. The number of aromatic nitrogens is 4. The summed E-state index contributed by atoms with van der Waals surface area (Å²) in [6.07, 6.45) is 6.58. The third-order valence-electron chi connectivity index (χ3n) is 6.13. The number of aryl methyl sites for hydroxylation is 2. The number of benzene rings is 1. The molecule has 4 heterocycles. The van der Waals surface area contributed by atoms with E-state index in [0.717, 1.165) is 45.5 Å². The lowest BCUT2D eigenvalue weighted by molar-refractivity contribution is 0.0996. The molecule has 0 unspecified atom stereocenters. The molecule has 1 aliphatic heterocycles. The molecular weight excluding hydrogens is 408 g/mol. The third-order valence-corrected chi connectivity index (χ3v) is 6.13. The van der Waals surface area contributed by atoms with E-state index in [4.69, 9.17) is 4.42 Å². The predicted octanol–water partition coefficient (Wildman–Crippen LogP) is 3.06. The molecule has 5 rings (SSSR count). The van der Waals surface area contributed by atoms with Crippen molar-refractivity contribution in [2.75, 3.05) is 23.3 Å². The van der Waals surface area contributed by atoms with Crippen LogP contribution in [-0.4, -0.2) is 50.0 Å². The van der Waals surface area contributed by atoms with Gasteiger partial charge >= 0.3 is 0 Å². The average Bonchev–Trinajstić information content (AvgIpc) is 3.53. The van der Waals surface area contributed by atoms with E-state index >= 15 is 0 Å². The predicted molar refractivity (Wildman–Crippen MR) is 121 cm³/mol. The van der Waals surface area contributed by atoms with Crippen LogP contribution in [-0.2, 0) is 7.05 Å². The molecule has 4 aromatic rings. The van der Waals surface area contributed by atoms with Gasteiger partial charge in [-0.15, -0.1) is 0 Å². The van der Waals surface area contributed by atoms with Gasteiger partial charge in [0.2, 0.25) is 5.76 Å². The molecule has 1 amide bonds. The number of anilines is 2. The summed E-state index contributed by atoms with van der Waals surface area (Å²) in [7, 11) is 1.90. The van der Waals surface area contributed by atoms with Gasteiger partial charge in [0.05, 0.1) is 29.7 Å². The van der Waals surface area contributed by atoms with Gasteiger partial charge in [-0.05, 0) is 38.0 Å². The minimum absolute atomic E-state index is 0.134. The zero-order valence-electron chi connectivity index (χ0n) is 18.2. The number of nitrogens with zero attached hydrogens (tertiary/aromatic N) is 5. The van der Waals surface area contributed by atoms with Crippen molar-refractivity contribution in [1.82, 2.24) is 19.7 Å². The van der Waals surface area contributed by atoms with Gasteiger partial charge in [-0.2, -0.15) is 5.10 Å². The Bertz CT molecular complexity index is 1310. The van der Waals surface area contributed by atoms with Crippen molar-refractivity contribution in [3.8, 4) is 11.1 Å². The zero-order chi connectivity index (χ0) is 22.4. The molecule has 164 valence electrons. The summed E-state index contributed by atoms with van der Waals surface area (Å²) in [6, 6.07) is 4.16. The summed E-state index contributed by atoms with van der Waals surface area (Å²) in [4.78, 5) is 23.4. The zero-order valence-corrected chi connectivity index (χ0v) is 18.2. The molecule has 0 saturated carbocycles.